The highest BCUT2D eigenvalue weighted by atomic mass is 32.2. The zero-order chi connectivity index (χ0) is 17.6. The van der Waals surface area contributed by atoms with E-state index >= 15 is 0 Å². The van der Waals surface area contributed by atoms with Crippen LogP contribution in [0.2, 0.25) is 0 Å². The molecule has 1 aliphatic heterocycles. The Kier molecular flexibility index (Phi) is 6.59. The zero-order valence-electron chi connectivity index (χ0n) is 13.9. The van der Waals surface area contributed by atoms with Crippen molar-refractivity contribution in [2.45, 2.75) is 24.2 Å². The second-order valence-electron chi connectivity index (χ2n) is 5.58. The zero-order valence-corrected chi connectivity index (χ0v) is 14.7. The molecule has 2 rings (SSSR count). The van der Waals surface area contributed by atoms with Crippen LogP contribution < -0.4 is 9.46 Å². The molecule has 0 spiro atoms. The van der Waals surface area contributed by atoms with E-state index in [1.807, 2.05) is 0 Å². The number of ether oxygens (including phenoxy) is 3. The average Bonchev–Trinajstić information content (AvgIpc) is 2.87. The van der Waals surface area contributed by atoms with E-state index in [1.165, 1.54) is 32.4 Å². The van der Waals surface area contributed by atoms with Crippen molar-refractivity contribution in [1.29, 1.82) is 0 Å². The van der Waals surface area contributed by atoms with E-state index in [0.29, 0.717) is 24.9 Å². The molecular formula is C16H23NO6S. The van der Waals surface area contributed by atoms with E-state index in [2.05, 4.69) is 4.72 Å². The van der Waals surface area contributed by atoms with Crippen LogP contribution in [0.1, 0.15) is 29.6 Å². The van der Waals surface area contributed by atoms with Crippen LogP contribution in [0.3, 0.4) is 0 Å². The highest BCUT2D eigenvalue weighted by molar-refractivity contribution is 7.89. The van der Waals surface area contributed by atoms with Gasteiger partial charge in [-0.3, -0.25) is 0 Å². The van der Waals surface area contributed by atoms with Crippen molar-refractivity contribution in [2.75, 3.05) is 34.0 Å². The first-order chi connectivity index (χ1) is 11.5. The monoisotopic (exact) mass is 357 g/mol. The summed E-state index contributed by atoms with van der Waals surface area (Å²) in [6, 6.07) is 4.16. The van der Waals surface area contributed by atoms with Gasteiger partial charge in [-0.2, -0.15) is 0 Å². The third-order valence-corrected chi connectivity index (χ3v) is 5.39. The van der Waals surface area contributed by atoms with Gasteiger partial charge in [0.15, 0.2) is 0 Å². The van der Waals surface area contributed by atoms with Crippen molar-refractivity contribution < 1.29 is 27.4 Å². The molecule has 1 heterocycles. The number of hydrogen-bond donors (Lipinski definition) is 1. The number of carbonyl (C=O) groups excluding carboxylic acids is 1. The van der Waals surface area contributed by atoms with Gasteiger partial charge in [0.1, 0.15) is 11.3 Å². The second-order valence-corrected chi connectivity index (χ2v) is 7.46. The van der Waals surface area contributed by atoms with Crippen LogP contribution in [-0.4, -0.2) is 48.4 Å². The Balaban J connectivity index is 2.20. The summed E-state index contributed by atoms with van der Waals surface area (Å²) in [5.74, 6) is 0.0307. The van der Waals surface area contributed by atoms with E-state index < -0.39 is 16.0 Å². The number of sulfonamides is 1. The minimum atomic E-state index is -3.65. The molecule has 0 amide bonds. The van der Waals surface area contributed by atoms with Crippen LogP contribution in [0.5, 0.6) is 5.75 Å². The second kappa shape index (κ2) is 8.46. The van der Waals surface area contributed by atoms with Crippen molar-refractivity contribution in [3.63, 3.8) is 0 Å². The molecule has 8 heteroatoms. The van der Waals surface area contributed by atoms with E-state index in [-0.39, 0.29) is 10.5 Å². The summed E-state index contributed by atoms with van der Waals surface area (Å²) in [6.07, 6.45) is 2.89. The molecule has 1 aromatic carbocycles. The molecule has 1 unspecified atom stereocenters. The van der Waals surface area contributed by atoms with Gasteiger partial charge in [0.2, 0.25) is 10.0 Å². The summed E-state index contributed by atoms with van der Waals surface area (Å²) in [4.78, 5) is 12.0. The van der Waals surface area contributed by atoms with Crippen LogP contribution >= 0.6 is 0 Å². The van der Waals surface area contributed by atoms with Crippen molar-refractivity contribution in [3.8, 4) is 5.75 Å². The lowest BCUT2D eigenvalue weighted by Gasteiger charge is -2.17. The number of benzene rings is 1. The Morgan fingerprint density at radius 2 is 2.12 bits per heavy atom. The molecule has 1 atom stereocenters. The van der Waals surface area contributed by atoms with Gasteiger partial charge in [-0.1, -0.05) is 0 Å². The van der Waals surface area contributed by atoms with Crippen molar-refractivity contribution in [1.82, 2.24) is 4.72 Å². The van der Waals surface area contributed by atoms with E-state index in [4.69, 9.17) is 14.2 Å². The van der Waals surface area contributed by atoms with Gasteiger partial charge in [0, 0.05) is 13.2 Å². The van der Waals surface area contributed by atoms with Gasteiger partial charge >= 0.3 is 5.97 Å². The topological polar surface area (TPSA) is 90.9 Å². The van der Waals surface area contributed by atoms with Gasteiger partial charge in [0.25, 0.3) is 0 Å². The predicted molar refractivity (Wildman–Crippen MR) is 87.7 cm³/mol. The van der Waals surface area contributed by atoms with Gasteiger partial charge in [-0.15, -0.1) is 0 Å². The van der Waals surface area contributed by atoms with Gasteiger partial charge < -0.3 is 14.2 Å². The minimum Gasteiger partial charge on any atom is -0.492 e. The molecular weight excluding hydrogens is 334 g/mol. The largest absolute Gasteiger partial charge is 0.492 e. The maximum atomic E-state index is 12.0. The summed E-state index contributed by atoms with van der Waals surface area (Å²) >= 11 is 0. The fourth-order valence-electron chi connectivity index (χ4n) is 2.53. The maximum absolute atomic E-state index is 12.0. The molecule has 7 nitrogen and oxygen atoms in total. The molecule has 0 radical (unpaired) electrons. The van der Waals surface area contributed by atoms with Gasteiger partial charge in [0.05, 0.1) is 18.6 Å². The molecule has 24 heavy (non-hydrogen) atoms. The van der Waals surface area contributed by atoms with Crippen molar-refractivity contribution in [3.05, 3.63) is 23.8 Å². The molecule has 0 bridgehead atoms. The van der Waals surface area contributed by atoms with Crippen molar-refractivity contribution >= 4 is 16.0 Å². The highest BCUT2D eigenvalue weighted by Gasteiger charge is 2.21. The summed E-state index contributed by atoms with van der Waals surface area (Å²) in [5, 5.41) is 0. The Hall–Kier alpha value is -1.64. The summed E-state index contributed by atoms with van der Waals surface area (Å²) < 4.78 is 42.0. The first-order valence-electron chi connectivity index (χ1n) is 7.84. The number of methoxy groups -OCH3 is 1. The molecule has 1 aliphatic rings. The molecule has 0 aromatic heterocycles. The number of rotatable bonds is 6. The van der Waals surface area contributed by atoms with Gasteiger partial charge in [-0.05, 0) is 50.4 Å². The molecule has 0 saturated carbocycles. The number of nitrogens with one attached hydrogen (secondary N) is 1. The van der Waals surface area contributed by atoms with Crippen LogP contribution in [0.15, 0.2) is 23.1 Å². The third-order valence-electron chi connectivity index (χ3n) is 3.98. The highest BCUT2D eigenvalue weighted by Crippen LogP contribution is 2.25. The average molecular weight is 357 g/mol. The maximum Gasteiger partial charge on any atom is 0.341 e. The summed E-state index contributed by atoms with van der Waals surface area (Å²) in [5.41, 5.74) is 0.0960. The van der Waals surface area contributed by atoms with Crippen LogP contribution in [0, 0.1) is 5.92 Å². The third kappa shape index (κ3) is 4.68. The molecule has 0 aliphatic carbocycles. The van der Waals surface area contributed by atoms with Crippen LogP contribution in [0.25, 0.3) is 0 Å². The van der Waals surface area contributed by atoms with E-state index in [1.54, 1.807) is 0 Å². The number of carbonyl (C=O) groups is 1. The Bertz CT molecular complexity index is 665. The standard InChI is InChI=1S/C16H23NO6S/c1-17-24(19,20)13-5-6-15(14(10-13)16(18)21-2)23-11-12-4-3-8-22-9-7-12/h5-6,10,12,17H,3-4,7-9,11H2,1-2H3. The van der Waals surface area contributed by atoms with Crippen LogP contribution in [0.4, 0.5) is 0 Å². The molecule has 1 saturated heterocycles. The molecule has 1 N–H and O–H groups in total. The number of esters is 1. The SMILES string of the molecule is CNS(=O)(=O)c1ccc(OCC2CCCOCC2)c(C(=O)OC)c1. The first-order valence-corrected chi connectivity index (χ1v) is 9.32. The normalized spacial score (nSPS) is 18.7. The van der Waals surface area contributed by atoms with Crippen molar-refractivity contribution in [2.24, 2.45) is 5.92 Å². The lowest BCUT2D eigenvalue weighted by atomic mass is 10.0. The fraction of sp³-hybridized carbons (Fsp3) is 0.562. The van der Waals surface area contributed by atoms with Crippen LogP contribution in [-0.2, 0) is 19.5 Å². The van der Waals surface area contributed by atoms with E-state index in [9.17, 15) is 13.2 Å². The molecule has 1 aromatic rings. The Labute approximate surface area is 142 Å². The Morgan fingerprint density at radius 3 is 2.83 bits per heavy atom. The minimum absolute atomic E-state index is 0.0133. The lowest BCUT2D eigenvalue weighted by Crippen LogP contribution is -2.20. The van der Waals surface area contributed by atoms with E-state index in [0.717, 1.165) is 25.9 Å². The summed E-state index contributed by atoms with van der Waals surface area (Å²) in [7, 11) is -1.09. The number of hydrogen-bond acceptors (Lipinski definition) is 6. The van der Waals surface area contributed by atoms with Gasteiger partial charge in [-0.25, -0.2) is 17.9 Å². The predicted octanol–water partition coefficient (Wildman–Crippen LogP) is 1.58. The lowest BCUT2D eigenvalue weighted by molar-refractivity contribution is 0.0594. The molecule has 134 valence electrons. The first kappa shape index (κ1) is 18.7. The quantitative estimate of drug-likeness (QED) is 0.777. The molecule has 1 fully saturated rings. The smallest absolute Gasteiger partial charge is 0.341 e. The Morgan fingerprint density at radius 1 is 1.33 bits per heavy atom. The fourth-order valence-corrected chi connectivity index (χ4v) is 3.29. The summed E-state index contributed by atoms with van der Waals surface area (Å²) in [6.45, 7) is 1.92.